The Morgan fingerprint density at radius 2 is 1.87 bits per heavy atom. The van der Waals surface area contributed by atoms with E-state index in [1.54, 1.807) is 12.1 Å². The molecule has 31 heavy (non-hydrogen) atoms. The van der Waals surface area contributed by atoms with Crippen LogP contribution in [-0.4, -0.2) is 60.2 Å². The highest BCUT2D eigenvalue weighted by atomic mass is 32.1. The van der Waals surface area contributed by atoms with E-state index in [9.17, 15) is 14.3 Å². The van der Waals surface area contributed by atoms with Gasteiger partial charge in [-0.3, -0.25) is 4.79 Å². The molecule has 2 fully saturated rings. The zero-order chi connectivity index (χ0) is 21.4. The number of benzene rings is 2. The Kier molecular flexibility index (Phi) is 5.40. The molecule has 2 aliphatic heterocycles. The lowest BCUT2D eigenvalue weighted by molar-refractivity contribution is -0.136. The monoisotopic (exact) mass is 440 g/mol. The number of aromatic hydroxyl groups is 1. The Balaban J connectivity index is 1.23. The van der Waals surface area contributed by atoms with Crippen molar-refractivity contribution in [3.8, 4) is 5.75 Å². The molecule has 1 atom stereocenters. The minimum Gasteiger partial charge on any atom is -0.506 e. The van der Waals surface area contributed by atoms with Gasteiger partial charge >= 0.3 is 0 Å². The number of hydrogen-bond acceptors (Lipinski definition) is 6. The van der Waals surface area contributed by atoms with E-state index in [4.69, 9.17) is 0 Å². The summed E-state index contributed by atoms with van der Waals surface area (Å²) in [6.45, 7) is 4.26. The van der Waals surface area contributed by atoms with E-state index < -0.39 is 0 Å². The maximum atomic E-state index is 13.5. The molecule has 162 valence electrons. The highest BCUT2D eigenvalue weighted by molar-refractivity contribution is 7.22. The number of carbonyl (C=O) groups is 1. The number of anilines is 2. The topological polar surface area (TPSA) is 59.9 Å². The number of amides is 1. The van der Waals surface area contributed by atoms with Gasteiger partial charge < -0.3 is 19.8 Å². The molecule has 8 heteroatoms. The fraction of sp³-hybridized carbons (Fsp3) is 0.391. The summed E-state index contributed by atoms with van der Waals surface area (Å²) in [5.74, 6) is 0.182. The number of fused-ring (bicyclic) bond motifs is 1. The molecule has 6 nitrogen and oxygen atoms in total. The Morgan fingerprint density at radius 1 is 1.06 bits per heavy atom. The molecular weight excluding hydrogens is 415 g/mol. The number of piperidine rings is 1. The number of carbonyl (C=O) groups excluding carboxylic acids is 1. The highest BCUT2D eigenvalue weighted by Crippen LogP contribution is 2.33. The minimum atomic E-state index is -0.252. The lowest BCUT2D eigenvalue weighted by atomic mass is 9.96. The number of nitrogens with zero attached hydrogens (tertiary/aromatic N) is 4. The number of halogens is 1. The number of phenolic OH excluding ortho intramolecular Hbond substituents is 1. The zero-order valence-corrected chi connectivity index (χ0v) is 18.0. The third kappa shape index (κ3) is 4.04. The number of para-hydroxylation sites is 2. The summed E-state index contributed by atoms with van der Waals surface area (Å²) in [5.41, 5.74) is 1.63. The average Bonchev–Trinajstić information content (AvgIpc) is 3.22. The van der Waals surface area contributed by atoms with Gasteiger partial charge in [-0.05, 0) is 43.2 Å². The first kappa shape index (κ1) is 20.1. The Labute approximate surface area is 184 Å². The number of hydrogen-bond donors (Lipinski definition) is 1. The summed E-state index contributed by atoms with van der Waals surface area (Å²) in [5, 5.41) is 11.0. The van der Waals surface area contributed by atoms with E-state index in [0.29, 0.717) is 32.7 Å². The Morgan fingerprint density at radius 3 is 2.68 bits per heavy atom. The van der Waals surface area contributed by atoms with Crippen LogP contribution in [-0.2, 0) is 4.79 Å². The molecule has 2 aromatic carbocycles. The van der Waals surface area contributed by atoms with Crippen LogP contribution in [0.5, 0.6) is 5.75 Å². The predicted molar refractivity (Wildman–Crippen MR) is 121 cm³/mol. The first-order valence-electron chi connectivity index (χ1n) is 10.7. The van der Waals surface area contributed by atoms with Gasteiger partial charge in [0.05, 0.1) is 21.8 Å². The van der Waals surface area contributed by atoms with Gasteiger partial charge in [0, 0.05) is 39.3 Å². The van der Waals surface area contributed by atoms with Crippen LogP contribution in [0, 0.1) is 11.7 Å². The van der Waals surface area contributed by atoms with Crippen LogP contribution in [0.1, 0.15) is 12.8 Å². The van der Waals surface area contributed by atoms with Crippen molar-refractivity contribution >= 4 is 38.3 Å². The molecule has 1 N–H and O–H groups in total. The number of phenols is 1. The van der Waals surface area contributed by atoms with Gasteiger partial charge in [-0.25, -0.2) is 9.37 Å². The molecule has 0 radical (unpaired) electrons. The van der Waals surface area contributed by atoms with Gasteiger partial charge in [0.1, 0.15) is 11.6 Å². The van der Waals surface area contributed by atoms with E-state index >= 15 is 0 Å². The fourth-order valence-corrected chi connectivity index (χ4v) is 5.56. The third-order valence-corrected chi connectivity index (χ3v) is 7.27. The molecule has 5 rings (SSSR count). The molecule has 0 bridgehead atoms. The highest BCUT2D eigenvalue weighted by Gasteiger charge is 2.32. The van der Waals surface area contributed by atoms with Crippen molar-refractivity contribution in [2.75, 3.05) is 49.1 Å². The average molecular weight is 441 g/mol. The summed E-state index contributed by atoms with van der Waals surface area (Å²) in [4.78, 5) is 24.1. The normalized spacial score (nSPS) is 19.8. The molecule has 1 amide bonds. The second-order valence-corrected chi connectivity index (χ2v) is 9.20. The largest absolute Gasteiger partial charge is 0.506 e. The summed E-state index contributed by atoms with van der Waals surface area (Å²) in [6.07, 6.45) is 1.83. The summed E-state index contributed by atoms with van der Waals surface area (Å²) >= 11 is 1.49. The molecule has 1 aromatic heterocycles. The molecular formula is C23H25FN4O2S. The maximum absolute atomic E-state index is 13.5. The van der Waals surface area contributed by atoms with Crippen molar-refractivity contribution in [2.24, 2.45) is 5.92 Å². The van der Waals surface area contributed by atoms with Crippen molar-refractivity contribution in [2.45, 2.75) is 12.8 Å². The van der Waals surface area contributed by atoms with Crippen molar-refractivity contribution in [1.29, 1.82) is 0 Å². The third-order valence-electron chi connectivity index (χ3n) is 6.19. The Hall–Kier alpha value is -2.87. The number of aromatic nitrogens is 1. The quantitative estimate of drug-likeness (QED) is 0.673. The Bertz CT molecular complexity index is 1100. The van der Waals surface area contributed by atoms with E-state index in [1.807, 2.05) is 23.1 Å². The zero-order valence-electron chi connectivity index (χ0n) is 17.2. The van der Waals surface area contributed by atoms with Gasteiger partial charge in [0.2, 0.25) is 5.91 Å². The van der Waals surface area contributed by atoms with Crippen LogP contribution in [0.3, 0.4) is 0 Å². The van der Waals surface area contributed by atoms with Gasteiger partial charge in [0.25, 0.3) is 0 Å². The standard InChI is InChI=1S/C23H25FN4O2S/c24-17-7-8-18-21(14-17)31-23(25-18)28-9-3-4-16(15-28)22(30)27-12-10-26(11-13-27)19-5-1-2-6-20(19)29/h1-2,5-8,14,16,29H,3-4,9-13,15H2. The molecule has 3 aromatic rings. The summed E-state index contributed by atoms with van der Waals surface area (Å²) in [6, 6.07) is 12.0. The molecule has 0 aliphatic carbocycles. The van der Waals surface area contributed by atoms with E-state index in [-0.39, 0.29) is 23.4 Å². The molecule has 3 heterocycles. The van der Waals surface area contributed by atoms with Gasteiger partial charge in [-0.15, -0.1) is 0 Å². The number of rotatable bonds is 3. The molecule has 0 saturated carbocycles. The van der Waals surface area contributed by atoms with Crippen molar-refractivity contribution in [3.05, 3.63) is 48.3 Å². The van der Waals surface area contributed by atoms with Crippen LogP contribution < -0.4 is 9.80 Å². The van der Waals surface area contributed by atoms with Crippen LogP contribution in [0.25, 0.3) is 10.2 Å². The molecule has 0 spiro atoms. The van der Waals surface area contributed by atoms with Crippen molar-refractivity contribution in [1.82, 2.24) is 9.88 Å². The minimum absolute atomic E-state index is 0.0471. The van der Waals surface area contributed by atoms with E-state index in [1.165, 1.54) is 23.5 Å². The SMILES string of the molecule is O=C(C1CCCN(c2nc3ccc(F)cc3s2)C1)N1CCN(c2ccccc2O)CC1. The first-order valence-corrected chi connectivity index (χ1v) is 11.5. The maximum Gasteiger partial charge on any atom is 0.227 e. The lowest BCUT2D eigenvalue weighted by Gasteiger charge is -2.39. The smallest absolute Gasteiger partial charge is 0.227 e. The fourth-order valence-electron chi connectivity index (χ4n) is 4.53. The molecule has 1 unspecified atom stereocenters. The molecule has 2 saturated heterocycles. The van der Waals surface area contributed by atoms with Crippen LogP contribution in [0.4, 0.5) is 15.2 Å². The van der Waals surface area contributed by atoms with E-state index in [0.717, 1.165) is 40.4 Å². The second kappa shape index (κ2) is 8.34. The van der Waals surface area contributed by atoms with Crippen LogP contribution in [0.2, 0.25) is 0 Å². The van der Waals surface area contributed by atoms with Crippen LogP contribution >= 0.6 is 11.3 Å². The van der Waals surface area contributed by atoms with Crippen LogP contribution in [0.15, 0.2) is 42.5 Å². The van der Waals surface area contributed by atoms with E-state index in [2.05, 4.69) is 14.8 Å². The van der Waals surface area contributed by atoms with Gasteiger partial charge in [-0.2, -0.15) is 0 Å². The first-order chi connectivity index (χ1) is 15.1. The van der Waals surface area contributed by atoms with Crippen molar-refractivity contribution in [3.63, 3.8) is 0 Å². The second-order valence-electron chi connectivity index (χ2n) is 8.19. The van der Waals surface area contributed by atoms with Gasteiger partial charge in [-0.1, -0.05) is 23.5 Å². The molecule has 2 aliphatic rings. The number of thiazole rings is 1. The summed E-state index contributed by atoms with van der Waals surface area (Å²) < 4.78 is 14.4. The van der Waals surface area contributed by atoms with Crippen molar-refractivity contribution < 1.29 is 14.3 Å². The van der Waals surface area contributed by atoms with Gasteiger partial charge in [0.15, 0.2) is 5.13 Å². The summed E-state index contributed by atoms with van der Waals surface area (Å²) in [7, 11) is 0. The lowest BCUT2D eigenvalue weighted by Crippen LogP contribution is -2.52. The predicted octanol–water partition coefficient (Wildman–Crippen LogP) is 3.71. The number of piperazine rings is 1.